The molecule has 0 atom stereocenters. The van der Waals surface area contributed by atoms with E-state index < -0.39 is 0 Å². The van der Waals surface area contributed by atoms with Crippen molar-refractivity contribution < 1.29 is 0 Å². The minimum atomic E-state index is 0.358. The molecular weight excluding hydrogens is 152 g/mol. The lowest BCUT2D eigenvalue weighted by Crippen LogP contribution is -2.03. The van der Waals surface area contributed by atoms with E-state index in [0.29, 0.717) is 12.8 Å². The quantitative estimate of drug-likeness (QED) is 0.597. The van der Waals surface area contributed by atoms with Crippen LogP contribution in [0.3, 0.4) is 0 Å². The fraction of sp³-hybridized carbons (Fsp3) is 0.750. The molecule has 0 unspecified atom stereocenters. The number of rotatable bonds is 4. The second-order valence-corrected chi connectivity index (χ2v) is 2.10. The Morgan fingerprint density at radius 1 is 0.833 bits per heavy atom. The van der Waals surface area contributed by atoms with E-state index in [1.165, 1.54) is 0 Å². The number of unbranched alkanes of at least 4 members (excludes halogenated alkanes) is 2. The maximum atomic E-state index is 7.80. The summed E-state index contributed by atoms with van der Waals surface area (Å²) >= 11 is 0. The van der Waals surface area contributed by atoms with E-state index in [2.05, 4.69) is 0 Å². The minimum Gasteiger partial charge on any atom is -0.330 e. The summed E-state index contributed by atoms with van der Waals surface area (Å²) in [4.78, 5) is 0. The molecule has 0 heterocycles. The topological polar surface area (TPSA) is 99.6 Å². The van der Waals surface area contributed by atoms with Crippen molar-refractivity contribution in [2.75, 3.05) is 13.1 Å². The van der Waals surface area contributed by atoms with Crippen LogP contribution < -0.4 is 11.5 Å². The van der Waals surface area contributed by atoms with E-state index in [1.807, 2.05) is 12.1 Å². The monoisotopic (exact) mass is 168 g/mol. The summed E-state index contributed by atoms with van der Waals surface area (Å²) < 4.78 is 0. The van der Waals surface area contributed by atoms with Crippen LogP contribution in [-0.4, -0.2) is 13.1 Å². The van der Waals surface area contributed by atoms with Crippen LogP contribution in [0, 0.1) is 22.7 Å². The average molecular weight is 168 g/mol. The van der Waals surface area contributed by atoms with Crippen molar-refractivity contribution in [3.8, 4) is 12.1 Å². The highest BCUT2D eigenvalue weighted by Crippen LogP contribution is 1.78. The van der Waals surface area contributed by atoms with Crippen LogP contribution in [0.2, 0.25) is 0 Å². The SMILES string of the molecule is N#CCCC#N.NCCCCN. The van der Waals surface area contributed by atoms with Crippen molar-refractivity contribution in [1.29, 1.82) is 10.5 Å². The molecule has 0 amide bonds. The van der Waals surface area contributed by atoms with Crippen molar-refractivity contribution in [2.24, 2.45) is 11.5 Å². The number of hydrogen-bond acceptors (Lipinski definition) is 4. The molecule has 0 aliphatic carbocycles. The van der Waals surface area contributed by atoms with Crippen molar-refractivity contribution in [3.63, 3.8) is 0 Å². The number of nitriles is 2. The highest BCUT2D eigenvalue weighted by atomic mass is 14.5. The fourth-order valence-electron chi connectivity index (χ4n) is 0.400. The number of nitrogens with zero attached hydrogens (tertiary/aromatic N) is 2. The molecule has 0 aliphatic heterocycles. The normalized spacial score (nSPS) is 7.33. The summed E-state index contributed by atoms with van der Waals surface area (Å²) in [5.41, 5.74) is 10.3. The van der Waals surface area contributed by atoms with Crippen LogP contribution in [0.25, 0.3) is 0 Å². The Labute approximate surface area is 73.8 Å². The van der Waals surface area contributed by atoms with Gasteiger partial charge in [0.15, 0.2) is 0 Å². The van der Waals surface area contributed by atoms with Gasteiger partial charge in [0, 0.05) is 12.8 Å². The summed E-state index contributed by atoms with van der Waals surface area (Å²) in [6, 6.07) is 3.69. The van der Waals surface area contributed by atoms with Gasteiger partial charge in [-0.1, -0.05) is 0 Å². The maximum absolute atomic E-state index is 7.80. The summed E-state index contributed by atoms with van der Waals surface area (Å²) in [6.07, 6.45) is 2.85. The second kappa shape index (κ2) is 16.5. The van der Waals surface area contributed by atoms with Crippen LogP contribution in [-0.2, 0) is 0 Å². The lowest BCUT2D eigenvalue weighted by Gasteiger charge is -1.87. The Bertz CT molecular complexity index is 124. The van der Waals surface area contributed by atoms with Crippen molar-refractivity contribution in [1.82, 2.24) is 0 Å². The van der Waals surface area contributed by atoms with Gasteiger partial charge >= 0.3 is 0 Å². The molecule has 0 fully saturated rings. The van der Waals surface area contributed by atoms with E-state index in [4.69, 9.17) is 22.0 Å². The van der Waals surface area contributed by atoms with Gasteiger partial charge in [0.25, 0.3) is 0 Å². The molecule has 68 valence electrons. The predicted molar refractivity (Wildman–Crippen MR) is 47.8 cm³/mol. The number of hydrogen-bond donors (Lipinski definition) is 2. The smallest absolute Gasteiger partial charge is 0.0632 e. The van der Waals surface area contributed by atoms with Gasteiger partial charge in [0.05, 0.1) is 12.1 Å². The molecule has 0 radical (unpaired) electrons. The molecule has 4 heteroatoms. The maximum Gasteiger partial charge on any atom is 0.0632 e. The van der Waals surface area contributed by atoms with Crippen LogP contribution in [0.4, 0.5) is 0 Å². The highest BCUT2D eigenvalue weighted by molar-refractivity contribution is 4.78. The molecule has 4 nitrogen and oxygen atoms in total. The lowest BCUT2D eigenvalue weighted by molar-refractivity contribution is 0.755. The largest absolute Gasteiger partial charge is 0.330 e. The van der Waals surface area contributed by atoms with Gasteiger partial charge in [-0.3, -0.25) is 0 Å². The van der Waals surface area contributed by atoms with Crippen molar-refractivity contribution >= 4 is 0 Å². The Kier molecular flexibility index (Phi) is 18.5. The van der Waals surface area contributed by atoms with Gasteiger partial charge in [0.2, 0.25) is 0 Å². The molecule has 12 heavy (non-hydrogen) atoms. The van der Waals surface area contributed by atoms with E-state index in [0.717, 1.165) is 25.9 Å². The summed E-state index contributed by atoms with van der Waals surface area (Å²) in [6.45, 7) is 1.55. The zero-order chi connectivity index (χ0) is 9.66. The molecule has 0 bridgehead atoms. The van der Waals surface area contributed by atoms with Crippen LogP contribution in [0.5, 0.6) is 0 Å². The van der Waals surface area contributed by atoms with Gasteiger partial charge in [-0.2, -0.15) is 10.5 Å². The Morgan fingerprint density at radius 2 is 1.17 bits per heavy atom. The van der Waals surface area contributed by atoms with Gasteiger partial charge in [0.1, 0.15) is 0 Å². The van der Waals surface area contributed by atoms with Crippen molar-refractivity contribution in [2.45, 2.75) is 25.7 Å². The highest BCUT2D eigenvalue weighted by Gasteiger charge is 1.75. The van der Waals surface area contributed by atoms with Gasteiger partial charge < -0.3 is 11.5 Å². The molecule has 0 aromatic heterocycles. The summed E-state index contributed by atoms with van der Waals surface area (Å²) in [5.74, 6) is 0. The third-order valence-corrected chi connectivity index (χ3v) is 1.01. The molecule has 0 aliphatic rings. The van der Waals surface area contributed by atoms with Crippen LogP contribution >= 0.6 is 0 Å². The fourth-order valence-corrected chi connectivity index (χ4v) is 0.400. The molecule has 0 spiro atoms. The Morgan fingerprint density at radius 3 is 1.33 bits per heavy atom. The van der Waals surface area contributed by atoms with E-state index in [-0.39, 0.29) is 0 Å². The molecule has 0 aromatic rings. The molecule has 0 saturated carbocycles. The average Bonchev–Trinajstić information content (AvgIpc) is 2.12. The molecule has 0 aromatic carbocycles. The first kappa shape index (κ1) is 13.5. The summed E-state index contributed by atoms with van der Waals surface area (Å²) in [5, 5.41) is 15.6. The lowest BCUT2D eigenvalue weighted by atomic mass is 10.3. The van der Waals surface area contributed by atoms with Crippen molar-refractivity contribution in [3.05, 3.63) is 0 Å². The molecular formula is C8H16N4. The first-order valence-corrected chi connectivity index (χ1v) is 3.97. The van der Waals surface area contributed by atoms with Crippen LogP contribution in [0.15, 0.2) is 0 Å². The first-order chi connectivity index (χ1) is 5.83. The molecule has 0 saturated heterocycles. The Balaban J connectivity index is 0. The van der Waals surface area contributed by atoms with Gasteiger partial charge in [-0.05, 0) is 25.9 Å². The predicted octanol–water partition coefficient (Wildman–Crippen LogP) is 0.498. The standard InChI is InChI=1S/C4H12N2.C4H4N2/c2*5-3-1-2-4-6/h1-6H2;1-2H2. The van der Waals surface area contributed by atoms with E-state index in [9.17, 15) is 0 Å². The third kappa shape index (κ3) is 23.1. The van der Waals surface area contributed by atoms with E-state index in [1.54, 1.807) is 0 Å². The second-order valence-electron chi connectivity index (χ2n) is 2.10. The minimum absolute atomic E-state index is 0.358. The molecule has 0 rings (SSSR count). The van der Waals surface area contributed by atoms with Gasteiger partial charge in [-0.25, -0.2) is 0 Å². The first-order valence-electron chi connectivity index (χ1n) is 3.97. The number of nitrogens with two attached hydrogens (primary N) is 2. The van der Waals surface area contributed by atoms with Crippen LogP contribution in [0.1, 0.15) is 25.7 Å². The summed E-state index contributed by atoms with van der Waals surface area (Å²) in [7, 11) is 0. The van der Waals surface area contributed by atoms with Gasteiger partial charge in [-0.15, -0.1) is 0 Å². The zero-order valence-corrected chi connectivity index (χ0v) is 7.29. The van der Waals surface area contributed by atoms with E-state index >= 15 is 0 Å². The molecule has 4 N–H and O–H groups in total. The third-order valence-electron chi connectivity index (χ3n) is 1.01. The zero-order valence-electron chi connectivity index (χ0n) is 7.29. The Hall–Kier alpha value is -1.10.